The number of aromatic nitrogens is 3. The van der Waals surface area contributed by atoms with Crippen molar-refractivity contribution in [2.75, 3.05) is 6.61 Å². The minimum absolute atomic E-state index is 0.0460. The highest BCUT2D eigenvalue weighted by molar-refractivity contribution is 7.96. The maximum atomic E-state index is 13.2. The zero-order chi connectivity index (χ0) is 25.4. The van der Waals surface area contributed by atoms with Crippen molar-refractivity contribution in [1.29, 1.82) is 0 Å². The second-order valence-corrected chi connectivity index (χ2v) is 15.8. The van der Waals surface area contributed by atoms with Crippen LogP contribution in [0.1, 0.15) is 27.2 Å². The van der Waals surface area contributed by atoms with Gasteiger partial charge in [0.2, 0.25) is 0 Å². The molecule has 1 atom stereocenters. The van der Waals surface area contributed by atoms with Crippen molar-refractivity contribution < 1.29 is 9.22 Å². The van der Waals surface area contributed by atoms with Crippen LogP contribution in [0.4, 0.5) is 0 Å². The van der Waals surface area contributed by atoms with Gasteiger partial charge >= 0.3 is 5.69 Å². The van der Waals surface area contributed by atoms with Gasteiger partial charge in [-0.15, -0.1) is 12.6 Å². The Morgan fingerprint density at radius 1 is 1.09 bits per heavy atom. The molecular weight excluding hydrogens is 466 g/mol. The molecule has 0 radical (unpaired) electrons. The smallest absolute Gasteiger partial charge is 0.330 e. The lowest BCUT2D eigenvalue weighted by Gasteiger charge is -2.37. The van der Waals surface area contributed by atoms with E-state index in [0.717, 1.165) is 15.8 Å². The molecule has 0 saturated carbocycles. The molecule has 0 saturated heterocycles. The van der Waals surface area contributed by atoms with Crippen molar-refractivity contribution in [2.24, 2.45) is 20.0 Å². The molecule has 0 amide bonds. The zero-order valence-electron chi connectivity index (χ0n) is 21.1. The van der Waals surface area contributed by atoms with E-state index in [2.05, 4.69) is 46.5 Å². The number of carbonyl (C=O) groups excluding carboxylic acids is 1. The molecule has 0 bridgehead atoms. The van der Waals surface area contributed by atoms with Crippen LogP contribution in [0, 0.1) is 5.92 Å². The van der Waals surface area contributed by atoms with Crippen LogP contribution >= 0.6 is 12.6 Å². The Labute approximate surface area is 206 Å². The lowest BCUT2D eigenvalue weighted by atomic mass is 10.1. The zero-order valence-corrected chi connectivity index (χ0v) is 23.0. The third-order valence-corrected chi connectivity index (χ3v) is 11.6. The van der Waals surface area contributed by atoms with E-state index >= 15 is 0 Å². The minimum Gasteiger partial charge on any atom is -0.416 e. The average molecular weight is 502 g/mol. The topological polar surface area (TPSA) is 75.2 Å². The molecule has 0 unspecified atom stereocenters. The molecule has 0 aliphatic carbocycles. The molecular formula is C25H35N3O4SSi. The van der Waals surface area contributed by atoms with Crippen LogP contribution in [-0.4, -0.2) is 33.7 Å². The van der Waals surface area contributed by atoms with Gasteiger partial charge < -0.3 is 8.99 Å². The Bertz CT molecular complexity index is 1320. The number of aryl methyl sites for hydroxylation is 1. The molecule has 3 rings (SSSR count). The predicted molar refractivity (Wildman–Crippen MR) is 143 cm³/mol. The second-order valence-electron chi connectivity index (χ2n) is 10.5. The van der Waals surface area contributed by atoms with Crippen molar-refractivity contribution in [3.05, 3.63) is 57.4 Å². The van der Waals surface area contributed by atoms with E-state index in [1.165, 1.54) is 11.6 Å². The van der Waals surface area contributed by atoms with Crippen LogP contribution in [0.3, 0.4) is 0 Å². The summed E-state index contributed by atoms with van der Waals surface area (Å²) in [6.07, 6.45) is 2.08. The quantitative estimate of drug-likeness (QED) is 0.371. The fourth-order valence-corrected chi connectivity index (χ4v) is 5.23. The van der Waals surface area contributed by atoms with Crippen molar-refractivity contribution >= 4 is 37.0 Å². The van der Waals surface area contributed by atoms with Gasteiger partial charge in [0.15, 0.2) is 13.4 Å². The van der Waals surface area contributed by atoms with Gasteiger partial charge in [0.25, 0.3) is 5.56 Å². The molecule has 0 aliphatic rings. The number of thiol groups is 1. The number of carbonyl (C=O) groups is 1. The Kier molecular flexibility index (Phi) is 7.50. The molecule has 0 fully saturated rings. The van der Waals surface area contributed by atoms with Crippen molar-refractivity contribution in [3.8, 4) is 11.3 Å². The summed E-state index contributed by atoms with van der Waals surface area (Å²) in [7, 11) is 1.13. The number of rotatable bonds is 8. The summed E-state index contributed by atoms with van der Waals surface area (Å²) < 4.78 is 11.1. The van der Waals surface area contributed by atoms with Gasteiger partial charge in [-0.2, -0.15) is 0 Å². The maximum Gasteiger partial charge on any atom is 0.330 e. The van der Waals surface area contributed by atoms with Gasteiger partial charge in [-0.05, 0) is 23.7 Å². The number of fused-ring (bicyclic) bond motifs is 1. The minimum atomic E-state index is -2.02. The standard InChI is InChI=1S/C25H35N3O4SSi/c1-25(2,3)34(6,7)32-16-17(13-20(29)33)14-28-15-19-21(22(28)18-11-9-8-10-12-18)23(30)27(5)24(31)26(19)4/h8-12,15,17H,13-14,16H2,1-7H3,(H,29,33)/t17-/m0/s1. The molecule has 2 aromatic heterocycles. The number of hydrogen-bond acceptors (Lipinski definition) is 4. The Morgan fingerprint density at radius 2 is 1.71 bits per heavy atom. The van der Waals surface area contributed by atoms with Gasteiger partial charge in [-0.3, -0.25) is 18.7 Å². The number of nitrogens with zero attached hydrogens (tertiary/aromatic N) is 3. The Balaban J connectivity index is 2.14. The Hall–Kier alpha value is -2.36. The molecule has 7 nitrogen and oxygen atoms in total. The summed E-state index contributed by atoms with van der Waals surface area (Å²) in [4.78, 5) is 37.8. The highest BCUT2D eigenvalue weighted by atomic mass is 32.1. The molecule has 34 heavy (non-hydrogen) atoms. The second kappa shape index (κ2) is 9.71. The molecule has 184 valence electrons. The number of benzene rings is 1. The first kappa shape index (κ1) is 26.2. The van der Waals surface area contributed by atoms with Crippen molar-refractivity contribution in [2.45, 2.75) is 51.9 Å². The van der Waals surface area contributed by atoms with Crippen molar-refractivity contribution in [3.63, 3.8) is 0 Å². The summed E-state index contributed by atoms with van der Waals surface area (Å²) >= 11 is 4.04. The highest BCUT2D eigenvalue weighted by Gasteiger charge is 2.37. The van der Waals surface area contributed by atoms with E-state index in [1.807, 2.05) is 41.1 Å². The average Bonchev–Trinajstić information content (AvgIpc) is 3.13. The third kappa shape index (κ3) is 5.16. The summed E-state index contributed by atoms with van der Waals surface area (Å²) in [5.74, 6) is -0.135. The fraction of sp³-hybridized carbons (Fsp3) is 0.480. The molecule has 3 aromatic rings. The Morgan fingerprint density at radius 3 is 2.26 bits per heavy atom. The first-order valence-electron chi connectivity index (χ1n) is 11.4. The highest BCUT2D eigenvalue weighted by Crippen LogP contribution is 2.37. The third-order valence-electron chi connectivity index (χ3n) is 6.96. The van der Waals surface area contributed by atoms with E-state index in [9.17, 15) is 14.4 Å². The van der Waals surface area contributed by atoms with Crippen LogP contribution < -0.4 is 11.2 Å². The van der Waals surface area contributed by atoms with Crippen LogP contribution in [0.2, 0.25) is 18.1 Å². The SMILES string of the molecule is Cn1c(=O)c2c(-c3ccccc3)n(C[C@@H](CO[Si](C)(C)C(C)(C)C)CC(=O)S)cc2n(C)c1=O. The maximum absolute atomic E-state index is 13.2. The van der Waals surface area contributed by atoms with E-state index in [1.54, 1.807) is 7.05 Å². The van der Waals surface area contributed by atoms with Gasteiger partial charge in [-0.1, -0.05) is 51.1 Å². The largest absolute Gasteiger partial charge is 0.416 e. The first-order chi connectivity index (χ1) is 15.7. The summed E-state index contributed by atoms with van der Waals surface area (Å²) in [5, 5.41) is 0.326. The van der Waals surface area contributed by atoms with E-state index in [0.29, 0.717) is 24.1 Å². The van der Waals surface area contributed by atoms with Crippen LogP contribution in [0.15, 0.2) is 46.1 Å². The first-order valence-corrected chi connectivity index (χ1v) is 14.8. The van der Waals surface area contributed by atoms with E-state index < -0.39 is 8.32 Å². The monoisotopic (exact) mass is 501 g/mol. The van der Waals surface area contributed by atoms with Gasteiger partial charge in [0, 0.05) is 45.8 Å². The summed E-state index contributed by atoms with van der Waals surface area (Å²) in [5.41, 5.74) is 1.45. The van der Waals surface area contributed by atoms with Gasteiger partial charge in [-0.25, -0.2) is 4.79 Å². The van der Waals surface area contributed by atoms with Crippen LogP contribution in [-0.2, 0) is 29.9 Å². The molecule has 0 spiro atoms. The van der Waals surface area contributed by atoms with Crippen LogP contribution in [0.5, 0.6) is 0 Å². The van der Waals surface area contributed by atoms with E-state index in [4.69, 9.17) is 4.43 Å². The molecule has 0 aliphatic heterocycles. The summed E-state index contributed by atoms with van der Waals surface area (Å²) in [6, 6.07) is 9.64. The normalized spacial score (nSPS) is 13.4. The molecule has 9 heteroatoms. The van der Waals surface area contributed by atoms with Gasteiger partial charge in [0.05, 0.1) is 16.6 Å². The fourth-order valence-electron chi connectivity index (χ4n) is 3.88. The lowest BCUT2D eigenvalue weighted by Crippen LogP contribution is -2.42. The van der Waals surface area contributed by atoms with Gasteiger partial charge in [0.1, 0.15) is 0 Å². The summed E-state index contributed by atoms with van der Waals surface area (Å²) in [6.45, 7) is 11.8. The lowest BCUT2D eigenvalue weighted by molar-refractivity contribution is -0.112. The van der Waals surface area contributed by atoms with Crippen LogP contribution in [0.25, 0.3) is 22.2 Å². The van der Waals surface area contributed by atoms with E-state index in [-0.39, 0.29) is 33.7 Å². The van der Waals surface area contributed by atoms with Crippen molar-refractivity contribution in [1.82, 2.24) is 13.7 Å². The predicted octanol–water partition coefficient (Wildman–Crippen LogP) is 4.19. The number of hydrogen-bond donors (Lipinski definition) is 1. The molecule has 1 aromatic carbocycles. The molecule has 2 heterocycles. The molecule has 0 N–H and O–H groups in total.